The molecule has 0 amide bonds. The summed E-state index contributed by atoms with van der Waals surface area (Å²) in [7, 11) is 0. The third-order valence-corrected chi connectivity index (χ3v) is 2.76. The Labute approximate surface area is 109 Å². The minimum atomic E-state index is -0.427. The number of rotatable bonds is 3. The van der Waals surface area contributed by atoms with Gasteiger partial charge in [0.25, 0.3) is 0 Å². The number of fused-ring (bicyclic) bond motifs is 1. The van der Waals surface area contributed by atoms with Gasteiger partial charge >= 0.3 is 5.97 Å². The van der Waals surface area contributed by atoms with Crippen molar-refractivity contribution in [2.24, 2.45) is 0 Å². The second-order valence-electron chi connectivity index (χ2n) is 3.94. The van der Waals surface area contributed by atoms with E-state index in [2.05, 4.69) is 4.98 Å². The molecule has 0 fully saturated rings. The van der Waals surface area contributed by atoms with Gasteiger partial charge in [-0.1, -0.05) is 6.07 Å². The van der Waals surface area contributed by atoms with Crippen LogP contribution >= 0.6 is 0 Å². The summed E-state index contributed by atoms with van der Waals surface area (Å²) in [6.07, 6.45) is 3.41. The van der Waals surface area contributed by atoms with Crippen LogP contribution in [0.2, 0.25) is 0 Å². The van der Waals surface area contributed by atoms with Crippen LogP contribution in [0.1, 0.15) is 17.4 Å². The maximum atomic E-state index is 11.9. The van der Waals surface area contributed by atoms with Crippen molar-refractivity contribution in [1.29, 1.82) is 0 Å². The van der Waals surface area contributed by atoms with Crippen molar-refractivity contribution in [3.63, 3.8) is 0 Å². The summed E-state index contributed by atoms with van der Waals surface area (Å²) in [5.74, 6) is 0.768. The fourth-order valence-corrected chi connectivity index (χ4v) is 1.97. The Morgan fingerprint density at radius 2 is 2.26 bits per heavy atom. The van der Waals surface area contributed by atoms with Crippen LogP contribution in [0.25, 0.3) is 17.1 Å². The van der Waals surface area contributed by atoms with Gasteiger partial charge < -0.3 is 9.15 Å². The van der Waals surface area contributed by atoms with Gasteiger partial charge in [-0.2, -0.15) is 0 Å². The second-order valence-corrected chi connectivity index (χ2v) is 3.94. The Balaban J connectivity index is 2.22. The van der Waals surface area contributed by atoms with E-state index in [1.807, 2.05) is 28.8 Å². The Morgan fingerprint density at radius 3 is 3.00 bits per heavy atom. The van der Waals surface area contributed by atoms with E-state index >= 15 is 0 Å². The van der Waals surface area contributed by atoms with Crippen molar-refractivity contribution < 1.29 is 13.9 Å². The van der Waals surface area contributed by atoms with Crippen molar-refractivity contribution in [2.75, 3.05) is 6.61 Å². The number of pyridine rings is 1. The average Bonchev–Trinajstić information content (AvgIpc) is 3.06. The molecule has 19 heavy (non-hydrogen) atoms. The smallest absolute Gasteiger partial charge is 0.359 e. The highest BCUT2D eigenvalue weighted by Crippen LogP contribution is 2.23. The van der Waals surface area contributed by atoms with Crippen LogP contribution in [0.15, 0.2) is 47.2 Å². The summed E-state index contributed by atoms with van der Waals surface area (Å²) in [5, 5.41) is 0. The maximum Gasteiger partial charge on any atom is 0.359 e. The van der Waals surface area contributed by atoms with Crippen LogP contribution < -0.4 is 0 Å². The first kappa shape index (κ1) is 11.5. The van der Waals surface area contributed by atoms with E-state index in [1.54, 1.807) is 25.3 Å². The molecule has 0 saturated carbocycles. The molecule has 3 aromatic rings. The number of carbonyl (C=O) groups is 1. The third kappa shape index (κ3) is 1.89. The summed E-state index contributed by atoms with van der Waals surface area (Å²) in [4.78, 5) is 16.3. The number of aromatic nitrogens is 2. The van der Waals surface area contributed by atoms with Gasteiger partial charge in [-0.05, 0) is 31.2 Å². The fourth-order valence-electron chi connectivity index (χ4n) is 1.97. The zero-order valence-corrected chi connectivity index (χ0v) is 10.4. The molecule has 0 spiro atoms. The van der Waals surface area contributed by atoms with Gasteiger partial charge in [-0.3, -0.25) is 4.40 Å². The number of hydrogen-bond donors (Lipinski definition) is 0. The first-order valence-electron chi connectivity index (χ1n) is 5.99. The molecule has 0 unspecified atom stereocenters. The number of nitrogens with zero attached hydrogens (tertiary/aromatic N) is 2. The van der Waals surface area contributed by atoms with E-state index in [0.29, 0.717) is 29.4 Å². The summed E-state index contributed by atoms with van der Waals surface area (Å²) in [6, 6.07) is 9.13. The lowest BCUT2D eigenvalue weighted by molar-refractivity contribution is 0.0522. The Hall–Kier alpha value is -2.56. The van der Waals surface area contributed by atoms with Crippen molar-refractivity contribution >= 4 is 11.5 Å². The van der Waals surface area contributed by atoms with Crippen molar-refractivity contribution in [3.8, 4) is 11.6 Å². The second kappa shape index (κ2) is 4.61. The molecule has 96 valence electrons. The van der Waals surface area contributed by atoms with Gasteiger partial charge in [0, 0.05) is 6.20 Å². The lowest BCUT2D eigenvalue weighted by Gasteiger charge is -1.98. The molecule has 3 rings (SSSR count). The highest BCUT2D eigenvalue weighted by molar-refractivity contribution is 5.96. The van der Waals surface area contributed by atoms with Crippen molar-refractivity contribution in [3.05, 3.63) is 48.5 Å². The van der Waals surface area contributed by atoms with E-state index in [1.165, 1.54) is 0 Å². The van der Waals surface area contributed by atoms with Crippen LogP contribution in [0, 0.1) is 0 Å². The van der Waals surface area contributed by atoms with Crippen LogP contribution in [0.5, 0.6) is 0 Å². The molecule has 0 aliphatic heterocycles. The number of hydrogen-bond acceptors (Lipinski definition) is 4. The van der Waals surface area contributed by atoms with E-state index in [0.717, 1.165) is 0 Å². The molecule has 3 heterocycles. The number of carbonyl (C=O) groups excluding carboxylic acids is 1. The molecule has 0 aliphatic rings. The SMILES string of the molecule is CCOC(=O)c1nc(-c2ccco2)n2ccccc12. The van der Waals surface area contributed by atoms with Gasteiger partial charge in [-0.15, -0.1) is 0 Å². The fraction of sp³-hybridized carbons (Fsp3) is 0.143. The largest absolute Gasteiger partial charge is 0.461 e. The topological polar surface area (TPSA) is 56.7 Å². The highest BCUT2D eigenvalue weighted by atomic mass is 16.5. The minimum Gasteiger partial charge on any atom is -0.461 e. The van der Waals surface area contributed by atoms with E-state index < -0.39 is 5.97 Å². The third-order valence-electron chi connectivity index (χ3n) is 2.76. The normalized spacial score (nSPS) is 10.8. The standard InChI is InChI=1S/C14H12N2O3/c1-2-18-14(17)12-10-6-3-4-8-16(10)13(15-12)11-7-5-9-19-11/h3-9H,2H2,1H3. The molecule has 0 saturated heterocycles. The van der Waals surface area contributed by atoms with Crippen LogP contribution in [0.4, 0.5) is 0 Å². The lowest BCUT2D eigenvalue weighted by Crippen LogP contribution is -2.05. The van der Waals surface area contributed by atoms with Crippen LogP contribution in [-0.4, -0.2) is 22.0 Å². The van der Waals surface area contributed by atoms with E-state index in [-0.39, 0.29) is 0 Å². The molecule has 0 aromatic carbocycles. The average molecular weight is 256 g/mol. The first-order chi connectivity index (χ1) is 9.31. The number of furan rings is 1. The van der Waals surface area contributed by atoms with Gasteiger partial charge in [0.2, 0.25) is 0 Å². The molecule has 0 aliphatic carbocycles. The number of imidazole rings is 1. The predicted molar refractivity (Wildman–Crippen MR) is 68.9 cm³/mol. The maximum absolute atomic E-state index is 11.9. The van der Waals surface area contributed by atoms with E-state index in [9.17, 15) is 4.79 Å². The van der Waals surface area contributed by atoms with E-state index in [4.69, 9.17) is 9.15 Å². The monoisotopic (exact) mass is 256 g/mol. The van der Waals surface area contributed by atoms with Gasteiger partial charge in [0.15, 0.2) is 17.3 Å². The zero-order valence-electron chi connectivity index (χ0n) is 10.4. The Kier molecular flexibility index (Phi) is 2.79. The quantitative estimate of drug-likeness (QED) is 0.676. The van der Waals surface area contributed by atoms with Crippen molar-refractivity contribution in [2.45, 2.75) is 6.92 Å². The molecule has 0 bridgehead atoms. The molecular weight excluding hydrogens is 244 g/mol. The Bertz CT molecular complexity index is 713. The molecule has 5 heteroatoms. The molecule has 3 aromatic heterocycles. The Morgan fingerprint density at radius 1 is 1.37 bits per heavy atom. The first-order valence-corrected chi connectivity index (χ1v) is 5.99. The summed E-state index contributed by atoms with van der Waals surface area (Å²) < 4.78 is 12.2. The summed E-state index contributed by atoms with van der Waals surface area (Å²) >= 11 is 0. The predicted octanol–water partition coefficient (Wildman–Crippen LogP) is 2.77. The van der Waals surface area contributed by atoms with Gasteiger partial charge in [0.1, 0.15) is 0 Å². The number of ether oxygens (including phenoxy) is 1. The van der Waals surface area contributed by atoms with Gasteiger partial charge in [0.05, 0.1) is 18.4 Å². The van der Waals surface area contributed by atoms with Crippen LogP contribution in [-0.2, 0) is 4.74 Å². The summed E-state index contributed by atoms with van der Waals surface area (Å²) in [6.45, 7) is 2.09. The lowest BCUT2D eigenvalue weighted by atomic mass is 10.3. The van der Waals surface area contributed by atoms with Gasteiger partial charge in [-0.25, -0.2) is 9.78 Å². The summed E-state index contributed by atoms with van der Waals surface area (Å²) in [5.41, 5.74) is 1.00. The molecule has 0 N–H and O–H groups in total. The minimum absolute atomic E-state index is 0.300. The molecular formula is C14H12N2O3. The van der Waals surface area contributed by atoms with Crippen LogP contribution in [0.3, 0.4) is 0 Å². The van der Waals surface area contributed by atoms with Crippen molar-refractivity contribution in [1.82, 2.24) is 9.38 Å². The molecule has 5 nitrogen and oxygen atoms in total. The molecule has 0 atom stereocenters. The highest BCUT2D eigenvalue weighted by Gasteiger charge is 2.20. The number of esters is 1. The zero-order chi connectivity index (χ0) is 13.2. The molecule has 0 radical (unpaired) electrons.